The first-order chi connectivity index (χ1) is 27.4. The number of rotatable bonds is 6. The molecule has 4 aliphatic rings. The van der Waals surface area contributed by atoms with Crippen molar-refractivity contribution in [3.8, 4) is 28.1 Å². The number of nitrogens with one attached hydrogen (secondary N) is 3. The molecule has 3 amide bonds. The fraction of sp³-hybridized carbons (Fsp3) is 0.477. The van der Waals surface area contributed by atoms with Crippen LogP contribution < -0.4 is 10.1 Å². The Kier molecular flexibility index (Phi) is 9.16. The molecule has 57 heavy (non-hydrogen) atoms. The van der Waals surface area contributed by atoms with Crippen LogP contribution in [0.5, 0.6) is 5.75 Å². The molecule has 2 aromatic heterocycles. The number of nitrogens with zero attached hydrogens (tertiary/aromatic N) is 4. The van der Waals surface area contributed by atoms with Gasteiger partial charge in [0.1, 0.15) is 35.6 Å². The third-order valence-electron chi connectivity index (χ3n) is 12.3. The maximum Gasteiger partial charge on any atom is 0.410 e. The van der Waals surface area contributed by atoms with E-state index in [4.69, 9.17) is 24.2 Å². The smallest absolute Gasteiger partial charge is 0.410 e. The van der Waals surface area contributed by atoms with Crippen molar-refractivity contribution in [2.75, 3.05) is 13.7 Å². The Hall–Kier alpha value is -5.59. The molecule has 3 aromatic carbocycles. The first-order valence-electron chi connectivity index (χ1n) is 20.3. The van der Waals surface area contributed by atoms with Crippen LogP contribution in [-0.4, -0.2) is 79.2 Å². The molecule has 2 unspecified atom stereocenters. The Morgan fingerprint density at radius 2 is 1.81 bits per heavy atom. The van der Waals surface area contributed by atoms with Gasteiger partial charge in [-0.3, -0.25) is 9.69 Å². The fourth-order valence-electron chi connectivity index (χ4n) is 9.59. The van der Waals surface area contributed by atoms with E-state index in [1.165, 1.54) is 7.11 Å². The van der Waals surface area contributed by atoms with Crippen LogP contribution in [0.25, 0.3) is 44.2 Å². The number of alkyl carbamates (subject to hydrolysis) is 1. The van der Waals surface area contributed by atoms with Crippen molar-refractivity contribution in [2.24, 2.45) is 11.8 Å². The monoisotopic (exact) mass is 773 g/mol. The number of hydrogen-bond acceptors (Lipinski definition) is 8. The molecule has 2 saturated heterocycles. The third-order valence-corrected chi connectivity index (χ3v) is 12.3. The number of ether oxygens (including phenoxy) is 3. The van der Waals surface area contributed by atoms with Gasteiger partial charge in [0.2, 0.25) is 5.91 Å². The molecule has 9 rings (SSSR count). The van der Waals surface area contributed by atoms with Gasteiger partial charge < -0.3 is 34.4 Å². The second kappa shape index (κ2) is 14.1. The lowest BCUT2D eigenvalue weighted by Gasteiger charge is -2.33. The number of aromatic nitrogens is 4. The summed E-state index contributed by atoms with van der Waals surface area (Å²) in [6.07, 6.45) is 6.60. The maximum atomic E-state index is 14.3. The minimum absolute atomic E-state index is 0.0870. The Labute approximate surface area is 331 Å². The van der Waals surface area contributed by atoms with Crippen LogP contribution in [0.3, 0.4) is 0 Å². The Balaban J connectivity index is 0.993. The summed E-state index contributed by atoms with van der Waals surface area (Å²) in [6.45, 7) is 10.6. The van der Waals surface area contributed by atoms with Crippen LogP contribution >= 0.6 is 0 Å². The van der Waals surface area contributed by atoms with Crippen molar-refractivity contribution in [3.63, 3.8) is 0 Å². The largest absolute Gasteiger partial charge is 0.488 e. The van der Waals surface area contributed by atoms with Gasteiger partial charge in [-0.15, -0.1) is 0 Å². The van der Waals surface area contributed by atoms with Gasteiger partial charge in [0.15, 0.2) is 0 Å². The molecule has 0 spiro atoms. The lowest BCUT2D eigenvalue weighted by atomic mass is 9.92. The number of aromatic amines is 2. The van der Waals surface area contributed by atoms with Crippen molar-refractivity contribution in [2.45, 2.75) is 110 Å². The number of amides is 3. The van der Waals surface area contributed by atoms with Crippen molar-refractivity contribution in [1.29, 1.82) is 0 Å². The topological polar surface area (TPSA) is 155 Å². The zero-order chi connectivity index (χ0) is 39.7. The minimum atomic E-state index is -0.696. The van der Waals surface area contributed by atoms with E-state index in [9.17, 15) is 14.4 Å². The summed E-state index contributed by atoms with van der Waals surface area (Å²) in [5, 5.41) is 4.86. The van der Waals surface area contributed by atoms with Gasteiger partial charge in [0.25, 0.3) is 0 Å². The third kappa shape index (κ3) is 6.64. The average molecular weight is 774 g/mol. The van der Waals surface area contributed by atoms with E-state index in [2.05, 4.69) is 51.7 Å². The number of fused-ring (bicyclic) bond motifs is 7. The first-order valence-corrected chi connectivity index (χ1v) is 20.3. The van der Waals surface area contributed by atoms with Crippen LogP contribution in [0.15, 0.2) is 48.7 Å². The Morgan fingerprint density at radius 3 is 2.60 bits per heavy atom. The number of likely N-dealkylation sites (tertiary alicyclic amines) is 2. The molecule has 5 heterocycles. The summed E-state index contributed by atoms with van der Waals surface area (Å²) in [5.74, 6) is 2.53. The summed E-state index contributed by atoms with van der Waals surface area (Å²) >= 11 is 0. The number of hydrogen-bond donors (Lipinski definition) is 3. The highest BCUT2D eigenvalue weighted by Gasteiger charge is 2.49. The summed E-state index contributed by atoms with van der Waals surface area (Å²) in [7, 11) is 1.32. The van der Waals surface area contributed by atoms with Gasteiger partial charge in [-0.25, -0.2) is 19.6 Å². The molecule has 13 heteroatoms. The van der Waals surface area contributed by atoms with Crippen molar-refractivity contribution < 1.29 is 28.6 Å². The molecule has 0 bridgehead atoms. The van der Waals surface area contributed by atoms with Crippen LogP contribution in [0.4, 0.5) is 9.59 Å². The van der Waals surface area contributed by atoms with Crippen molar-refractivity contribution >= 4 is 39.9 Å². The molecule has 1 saturated carbocycles. The molecule has 1 aliphatic carbocycles. The molecule has 5 atom stereocenters. The first kappa shape index (κ1) is 37.0. The average Bonchev–Trinajstić information content (AvgIpc) is 4.02. The summed E-state index contributed by atoms with van der Waals surface area (Å²) in [6, 6.07) is 13.9. The maximum absolute atomic E-state index is 14.3. The second-order valence-electron chi connectivity index (χ2n) is 17.4. The van der Waals surface area contributed by atoms with E-state index in [-0.39, 0.29) is 36.0 Å². The summed E-state index contributed by atoms with van der Waals surface area (Å²) in [5.41, 5.74) is 6.29. The fourth-order valence-corrected chi connectivity index (χ4v) is 9.59. The predicted molar refractivity (Wildman–Crippen MR) is 215 cm³/mol. The van der Waals surface area contributed by atoms with E-state index >= 15 is 0 Å². The number of imidazole rings is 2. The molecule has 3 fully saturated rings. The van der Waals surface area contributed by atoms with Crippen LogP contribution in [0, 0.1) is 11.8 Å². The molecular formula is C44H51N7O6. The molecular weight excluding hydrogens is 723 g/mol. The summed E-state index contributed by atoms with van der Waals surface area (Å²) < 4.78 is 17.0. The Bertz CT molecular complexity index is 2390. The van der Waals surface area contributed by atoms with E-state index in [1.807, 2.05) is 51.8 Å². The standard InChI is InChI=1S/C44H51N7O6/c1-23(2)37(49-42(53)55-6)41(52)51-33-10-7-9-26(33)19-35(51)40-46-31-15-13-24-18-30-28-14-12-25(17-27(28)22-56-36(30)20-29(24)38(31)48-40)32-21-45-39(47-32)34-11-8-16-50(34)43(54)57-44(3,4)5/h12-15,17-18,20-21,23,26,33-35,37H,7-11,16,19,22H2,1-6H3,(H,45,47)(H,46,48)(H,49,53)/t26-,33-,34?,35-,37?/m0/s1. The van der Waals surface area contributed by atoms with Crippen molar-refractivity contribution in [1.82, 2.24) is 35.1 Å². The lowest BCUT2D eigenvalue weighted by molar-refractivity contribution is -0.137. The number of methoxy groups -OCH3 is 1. The predicted octanol–water partition coefficient (Wildman–Crippen LogP) is 8.56. The zero-order valence-electron chi connectivity index (χ0n) is 33.5. The summed E-state index contributed by atoms with van der Waals surface area (Å²) in [4.78, 5) is 60.2. The van der Waals surface area contributed by atoms with E-state index in [0.29, 0.717) is 19.1 Å². The second-order valence-corrected chi connectivity index (χ2v) is 17.4. The van der Waals surface area contributed by atoms with Gasteiger partial charge in [-0.1, -0.05) is 38.5 Å². The highest BCUT2D eigenvalue weighted by molar-refractivity contribution is 6.07. The van der Waals surface area contributed by atoms with E-state index < -0.39 is 17.7 Å². The van der Waals surface area contributed by atoms with Gasteiger partial charge in [-0.2, -0.15) is 0 Å². The molecule has 3 N–H and O–H groups in total. The molecule has 298 valence electrons. The van der Waals surface area contributed by atoms with Gasteiger partial charge >= 0.3 is 12.2 Å². The normalized spacial score (nSPS) is 22.0. The quantitative estimate of drug-likeness (QED) is 0.155. The van der Waals surface area contributed by atoms with E-state index in [0.717, 1.165) is 106 Å². The molecule has 0 radical (unpaired) electrons. The number of carbonyl (C=O) groups excluding carboxylic acids is 3. The number of H-pyrrole nitrogens is 2. The highest BCUT2D eigenvalue weighted by atomic mass is 16.6. The van der Waals surface area contributed by atoms with Crippen LogP contribution in [0.1, 0.15) is 102 Å². The SMILES string of the molecule is COC(=O)NC(C(=O)N1[C@H](c2nc3ccc4cc5c(cc4c3[nH]2)OCc2cc(-c3cnc(C4CCCN4C(=O)OC(C)(C)C)[nH]3)ccc2-5)C[C@@H]2CCC[C@@H]21)C(C)C. The van der Waals surface area contributed by atoms with E-state index in [1.54, 1.807) is 4.90 Å². The highest BCUT2D eigenvalue weighted by Crippen LogP contribution is 2.48. The van der Waals surface area contributed by atoms with Crippen LogP contribution in [0.2, 0.25) is 0 Å². The number of benzene rings is 3. The zero-order valence-corrected chi connectivity index (χ0v) is 33.5. The van der Waals surface area contributed by atoms with Crippen molar-refractivity contribution in [3.05, 3.63) is 65.9 Å². The molecule has 13 nitrogen and oxygen atoms in total. The number of carbonyl (C=O) groups is 3. The minimum Gasteiger partial charge on any atom is -0.488 e. The van der Waals surface area contributed by atoms with Gasteiger partial charge in [0, 0.05) is 23.5 Å². The lowest BCUT2D eigenvalue weighted by Crippen LogP contribution is -2.53. The Morgan fingerprint density at radius 1 is 0.965 bits per heavy atom. The van der Waals surface area contributed by atoms with Gasteiger partial charge in [0.05, 0.1) is 42.1 Å². The van der Waals surface area contributed by atoms with Crippen LogP contribution in [-0.2, 0) is 20.9 Å². The van der Waals surface area contributed by atoms with Gasteiger partial charge in [-0.05, 0) is 111 Å². The molecule has 3 aliphatic heterocycles. The molecule has 5 aromatic rings.